The van der Waals surface area contributed by atoms with Gasteiger partial charge in [0.1, 0.15) is 0 Å². The van der Waals surface area contributed by atoms with Gasteiger partial charge in [0.25, 0.3) is 5.91 Å². The predicted molar refractivity (Wildman–Crippen MR) is 153 cm³/mol. The highest BCUT2D eigenvalue weighted by Crippen LogP contribution is 2.27. The lowest BCUT2D eigenvalue weighted by Crippen LogP contribution is -2.58. The van der Waals surface area contributed by atoms with Crippen LogP contribution in [0.5, 0.6) is 0 Å². The summed E-state index contributed by atoms with van der Waals surface area (Å²) in [5.74, 6) is -0.332. The van der Waals surface area contributed by atoms with E-state index in [2.05, 4.69) is 6.07 Å². The van der Waals surface area contributed by atoms with Crippen molar-refractivity contribution >= 4 is 40.3 Å². The molecule has 0 radical (unpaired) electrons. The van der Waals surface area contributed by atoms with Crippen LogP contribution in [-0.2, 0) is 22.5 Å². The van der Waals surface area contributed by atoms with Crippen LogP contribution in [0.15, 0.2) is 41.8 Å². The summed E-state index contributed by atoms with van der Waals surface area (Å²) in [6.07, 6.45) is 0.104. The number of rotatable bonds is 8. The van der Waals surface area contributed by atoms with Crippen molar-refractivity contribution in [2.75, 3.05) is 45.9 Å². The first kappa shape index (κ1) is 28.1. The number of hydrogen-bond acceptors (Lipinski definition) is 6. The van der Waals surface area contributed by atoms with Gasteiger partial charge >= 0.3 is 6.09 Å². The molecule has 214 valence electrons. The van der Waals surface area contributed by atoms with Gasteiger partial charge in [-0.3, -0.25) is 9.59 Å². The van der Waals surface area contributed by atoms with Crippen molar-refractivity contribution in [1.29, 1.82) is 0 Å². The number of thiophene rings is 1. The Kier molecular flexibility index (Phi) is 8.70. The molecule has 40 heavy (non-hydrogen) atoms. The normalized spacial score (nSPS) is 19.8. The third kappa shape index (κ3) is 6.15. The van der Waals surface area contributed by atoms with Crippen molar-refractivity contribution in [3.63, 3.8) is 0 Å². The van der Waals surface area contributed by atoms with Gasteiger partial charge in [-0.2, -0.15) is 0 Å². The minimum atomic E-state index is -1.08. The summed E-state index contributed by atoms with van der Waals surface area (Å²) < 4.78 is 7.38. The molecule has 3 amide bonds. The van der Waals surface area contributed by atoms with Gasteiger partial charge in [0, 0.05) is 44.1 Å². The number of carbonyl (C=O) groups excluding carboxylic acids is 2. The van der Waals surface area contributed by atoms with Crippen molar-refractivity contribution in [3.05, 3.63) is 52.5 Å². The molecule has 11 heteroatoms. The zero-order chi connectivity index (χ0) is 28.2. The molecule has 2 fully saturated rings. The molecule has 10 nitrogen and oxygen atoms in total. The second-order valence-corrected chi connectivity index (χ2v) is 12.0. The van der Waals surface area contributed by atoms with Crippen LogP contribution >= 0.6 is 11.3 Å². The Hall–Kier alpha value is -3.44. The number of imidazole rings is 1. The number of piperidine rings is 1. The van der Waals surface area contributed by atoms with Gasteiger partial charge in [-0.25, -0.2) is 9.78 Å². The Morgan fingerprint density at radius 3 is 2.58 bits per heavy atom. The molecule has 2 saturated heterocycles. The van der Waals surface area contributed by atoms with Crippen molar-refractivity contribution in [1.82, 2.24) is 24.3 Å². The van der Waals surface area contributed by atoms with E-state index < -0.39 is 18.1 Å². The molecule has 0 unspecified atom stereocenters. The predicted octanol–water partition coefficient (Wildman–Crippen LogP) is 3.67. The molecule has 1 N–H and O–H groups in total. The molecule has 0 spiro atoms. The number of hydrogen-bond donors (Lipinski definition) is 1. The number of para-hydroxylation sites is 2. The molecule has 2 aromatic heterocycles. The van der Waals surface area contributed by atoms with Crippen LogP contribution in [0.3, 0.4) is 0 Å². The van der Waals surface area contributed by atoms with Crippen LogP contribution in [0.4, 0.5) is 4.79 Å². The lowest BCUT2D eigenvalue weighted by Gasteiger charge is -2.43. The molecule has 2 aliphatic rings. The van der Waals surface area contributed by atoms with E-state index in [1.807, 2.05) is 54.1 Å². The summed E-state index contributed by atoms with van der Waals surface area (Å²) in [6, 6.07) is 11.4. The van der Waals surface area contributed by atoms with Crippen LogP contribution in [0.25, 0.3) is 11.0 Å². The number of carbonyl (C=O) groups is 3. The maximum Gasteiger partial charge on any atom is 0.407 e. The average molecular weight is 568 g/mol. The van der Waals surface area contributed by atoms with E-state index in [-0.39, 0.29) is 30.8 Å². The lowest BCUT2D eigenvalue weighted by atomic mass is 9.91. The summed E-state index contributed by atoms with van der Waals surface area (Å²) >= 11 is 1.69. The zero-order valence-corrected chi connectivity index (χ0v) is 23.9. The first-order valence-electron chi connectivity index (χ1n) is 13.9. The zero-order valence-electron chi connectivity index (χ0n) is 23.1. The highest BCUT2D eigenvalue weighted by molar-refractivity contribution is 7.09. The SMILES string of the molecule is CC(C)CN(C(=O)c1nc2ccccc2n1CCc1cccs1)[C@H]1C[C@@H](C(=O)N2CCOCC2)CN(C(=O)O)C1. The fraction of sp³-hybridized carbons (Fsp3) is 0.517. The molecule has 0 saturated carbocycles. The van der Waals surface area contributed by atoms with Crippen LogP contribution in [0.2, 0.25) is 0 Å². The van der Waals surface area contributed by atoms with Crippen LogP contribution in [0, 0.1) is 11.8 Å². The molecular weight excluding hydrogens is 530 g/mol. The highest BCUT2D eigenvalue weighted by Gasteiger charge is 2.40. The standard InChI is InChI=1S/C29H37N5O5S/c1-20(2)17-34(22-16-21(18-32(19-22)29(37)38)27(35)31-11-13-39-14-12-31)28(36)26-30-24-7-3-4-8-25(24)33(26)10-9-23-6-5-15-40-23/h3-8,15,20-22H,9-14,16-19H2,1-2H3,(H,37,38)/t21-,22+/m1/s1. The Bertz CT molecular complexity index is 1330. The van der Waals surface area contributed by atoms with Gasteiger partial charge in [0.2, 0.25) is 5.91 Å². The van der Waals surface area contributed by atoms with E-state index in [0.29, 0.717) is 51.6 Å². The Labute approximate surface area is 238 Å². The van der Waals surface area contributed by atoms with E-state index >= 15 is 0 Å². The van der Waals surface area contributed by atoms with Crippen molar-refractivity contribution < 1.29 is 24.2 Å². The van der Waals surface area contributed by atoms with E-state index in [1.165, 1.54) is 9.78 Å². The largest absolute Gasteiger partial charge is 0.465 e. The Balaban J connectivity index is 1.46. The molecule has 2 aliphatic heterocycles. The van der Waals surface area contributed by atoms with Crippen LogP contribution < -0.4 is 0 Å². The van der Waals surface area contributed by atoms with Crippen molar-refractivity contribution in [2.24, 2.45) is 11.8 Å². The number of aromatic nitrogens is 2. The molecule has 1 aromatic carbocycles. The number of benzene rings is 1. The smallest absolute Gasteiger partial charge is 0.407 e. The molecule has 2 atom stereocenters. The number of carboxylic acid groups (broad SMARTS) is 1. The average Bonchev–Trinajstić information content (AvgIpc) is 3.62. The van der Waals surface area contributed by atoms with E-state index in [4.69, 9.17) is 9.72 Å². The summed E-state index contributed by atoms with van der Waals surface area (Å²) in [4.78, 5) is 50.8. The van der Waals surface area contributed by atoms with Gasteiger partial charge in [-0.15, -0.1) is 11.3 Å². The summed E-state index contributed by atoms with van der Waals surface area (Å²) in [7, 11) is 0. The fourth-order valence-corrected chi connectivity index (χ4v) is 6.44. The first-order valence-corrected chi connectivity index (χ1v) is 14.8. The molecule has 3 aromatic rings. The van der Waals surface area contributed by atoms with Gasteiger partial charge in [-0.05, 0) is 42.3 Å². The molecule has 5 rings (SSSR count). The summed E-state index contributed by atoms with van der Waals surface area (Å²) in [6.45, 7) is 7.34. The topological polar surface area (TPSA) is 108 Å². The Morgan fingerprint density at radius 2 is 1.88 bits per heavy atom. The van der Waals surface area contributed by atoms with Crippen molar-refractivity contribution in [2.45, 2.75) is 39.3 Å². The number of fused-ring (bicyclic) bond motifs is 1. The first-order chi connectivity index (χ1) is 19.3. The van der Waals surface area contributed by atoms with Crippen LogP contribution in [0.1, 0.15) is 35.8 Å². The maximum absolute atomic E-state index is 14.4. The fourth-order valence-electron chi connectivity index (χ4n) is 5.74. The van der Waals surface area contributed by atoms with Gasteiger partial charge in [0.15, 0.2) is 5.82 Å². The minimum absolute atomic E-state index is 0.0700. The Morgan fingerprint density at radius 1 is 1.10 bits per heavy atom. The lowest BCUT2D eigenvalue weighted by molar-refractivity contribution is -0.142. The van der Waals surface area contributed by atoms with Crippen molar-refractivity contribution in [3.8, 4) is 0 Å². The van der Waals surface area contributed by atoms with Crippen LogP contribution in [-0.4, -0.2) is 99.2 Å². The molecule has 0 bridgehead atoms. The van der Waals surface area contributed by atoms with Gasteiger partial charge in [-0.1, -0.05) is 32.0 Å². The molecule has 4 heterocycles. The number of aryl methyl sites for hydroxylation is 2. The number of likely N-dealkylation sites (tertiary alicyclic amines) is 1. The summed E-state index contributed by atoms with van der Waals surface area (Å²) in [5, 5.41) is 12.0. The number of morpholine rings is 1. The quantitative estimate of drug-likeness (QED) is 0.445. The summed E-state index contributed by atoms with van der Waals surface area (Å²) in [5.41, 5.74) is 1.64. The van der Waals surface area contributed by atoms with Gasteiger partial charge in [0.05, 0.1) is 36.2 Å². The third-order valence-electron chi connectivity index (χ3n) is 7.64. The van der Waals surface area contributed by atoms with E-state index in [9.17, 15) is 19.5 Å². The maximum atomic E-state index is 14.4. The monoisotopic (exact) mass is 567 g/mol. The second kappa shape index (κ2) is 12.4. The minimum Gasteiger partial charge on any atom is -0.465 e. The number of nitrogens with zero attached hydrogens (tertiary/aromatic N) is 5. The number of ether oxygens (including phenoxy) is 1. The number of amides is 3. The molecule has 0 aliphatic carbocycles. The highest BCUT2D eigenvalue weighted by atomic mass is 32.1. The second-order valence-electron chi connectivity index (χ2n) is 11.0. The molecular formula is C29H37N5O5S. The van der Waals surface area contributed by atoms with E-state index in [1.54, 1.807) is 21.1 Å². The van der Waals surface area contributed by atoms with Gasteiger partial charge < -0.3 is 29.1 Å². The third-order valence-corrected chi connectivity index (χ3v) is 8.58. The van der Waals surface area contributed by atoms with E-state index in [0.717, 1.165) is 17.5 Å².